The monoisotopic (exact) mass is 396 g/mol. The van der Waals surface area contributed by atoms with E-state index in [1.54, 1.807) is 6.20 Å². The molecule has 0 unspecified atom stereocenters. The van der Waals surface area contributed by atoms with Crippen molar-refractivity contribution in [3.8, 4) is 11.4 Å². The van der Waals surface area contributed by atoms with Gasteiger partial charge in [0.25, 0.3) is 5.91 Å². The van der Waals surface area contributed by atoms with Crippen LogP contribution in [0.5, 0.6) is 0 Å². The molecule has 2 aromatic rings. The summed E-state index contributed by atoms with van der Waals surface area (Å²) in [5.41, 5.74) is 1.62. The zero-order chi connectivity index (χ0) is 19.3. The molecule has 2 aliphatic rings. The highest BCUT2D eigenvalue weighted by molar-refractivity contribution is 7.99. The van der Waals surface area contributed by atoms with Crippen LogP contribution in [0, 0.1) is 0 Å². The molecule has 1 saturated heterocycles. The van der Waals surface area contributed by atoms with Crippen LogP contribution in [0.1, 0.15) is 42.5 Å². The molecule has 1 saturated carbocycles. The second-order valence-corrected chi connectivity index (χ2v) is 8.83. The first-order valence-electron chi connectivity index (χ1n) is 10.3. The first kappa shape index (κ1) is 19.2. The molecule has 28 heavy (non-hydrogen) atoms. The lowest BCUT2D eigenvalue weighted by atomic mass is 9.94. The third kappa shape index (κ3) is 4.17. The molecule has 0 spiro atoms. The minimum atomic E-state index is 0.0553. The molecule has 1 aromatic carbocycles. The second-order valence-electron chi connectivity index (χ2n) is 7.60. The standard InChI is InChI=1S/C22H28N4OS/c1-25(18-10-6-3-7-11-18)22(27)19-16-23-20(17-8-4-2-5-9-17)24-21(19)26-12-14-28-15-13-26/h2,4-5,8-9,16,18H,3,6-7,10-15H2,1H3. The average molecular weight is 397 g/mol. The number of rotatable bonds is 4. The van der Waals surface area contributed by atoms with Crippen LogP contribution in [0.4, 0.5) is 5.82 Å². The molecule has 0 atom stereocenters. The van der Waals surface area contributed by atoms with Gasteiger partial charge in [-0.2, -0.15) is 11.8 Å². The van der Waals surface area contributed by atoms with Crippen molar-refractivity contribution in [2.24, 2.45) is 0 Å². The Morgan fingerprint density at radius 1 is 1.11 bits per heavy atom. The van der Waals surface area contributed by atoms with Gasteiger partial charge in [-0.25, -0.2) is 9.97 Å². The fraction of sp³-hybridized carbons (Fsp3) is 0.500. The smallest absolute Gasteiger partial charge is 0.259 e. The van der Waals surface area contributed by atoms with E-state index in [9.17, 15) is 4.79 Å². The highest BCUT2D eigenvalue weighted by Gasteiger charge is 2.28. The minimum Gasteiger partial charge on any atom is -0.354 e. The fourth-order valence-electron chi connectivity index (χ4n) is 4.09. The summed E-state index contributed by atoms with van der Waals surface area (Å²) in [6, 6.07) is 10.3. The van der Waals surface area contributed by atoms with Gasteiger partial charge >= 0.3 is 0 Å². The van der Waals surface area contributed by atoms with Crippen molar-refractivity contribution in [2.45, 2.75) is 38.1 Å². The lowest BCUT2D eigenvalue weighted by Crippen LogP contribution is -2.40. The number of hydrogen-bond donors (Lipinski definition) is 0. The van der Waals surface area contributed by atoms with Crippen LogP contribution < -0.4 is 4.90 Å². The van der Waals surface area contributed by atoms with E-state index in [0.717, 1.165) is 48.8 Å². The zero-order valence-corrected chi connectivity index (χ0v) is 17.3. The molecule has 1 aliphatic carbocycles. The number of hydrogen-bond acceptors (Lipinski definition) is 5. The first-order valence-corrected chi connectivity index (χ1v) is 11.4. The summed E-state index contributed by atoms with van der Waals surface area (Å²) in [6.07, 6.45) is 7.64. The molecule has 1 amide bonds. The van der Waals surface area contributed by atoms with Gasteiger partial charge in [0.1, 0.15) is 11.4 Å². The van der Waals surface area contributed by atoms with Crippen molar-refractivity contribution < 1.29 is 4.79 Å². The quantitative estimate of drug-likeness (QED) is 0.779. The van der Waals surface area contributed by atoms with Gasteiger partial charge in [0.2, 0.25) is 0 Å². The number of carbonyl (C=O) groups excluding carboxylic acids is 1. The van der Waals surface area contributed by atoms with Crippen molar-refractivity contribution >= 4 is 23.5 Å². The van der Waals surface area contributed by atoms with Gasteiger partial charge in [0.15, 0.2) is 5.82 Å². The molecule has 1 aliphatic heterocycles. The van der Waals surface area contributed by atoms with Crippen molar-refractivity contribution in [3.05, 3.63) is 42.1 Å². The zero-order valence-electron chi connectivity index (χ0n) is 16.5. The summed E-state index contributed by atoms with van der Waals surface area (Å²) in [5.74, 6) is 3.67. The Morgan fingerprint density at radius 2 is 1.82 bits per heavy atom. The summed E-state index contributed by atoms with van der Waals surface area (Å²) in [5, 5.41) is 0. The number of nitrogens with zero attached hydrogens (tertiary/aromatic N) is 4. The van der Waals surface area contributed by atoms with Crippen LogP contribution in [0.25, 0.3) is 11.4 Å². The van der Waals surface area contributed by atoms with E-state index in [1.807, 2.05) is 54.0 Å². The van der Waals surface area contributed by atoms with Crippen LogP contribution in [-0.2, 0) is 0 Å². The lowest BCUT2D eigenvalue weighted by molar-refractivity contribution is 0.0696. The van der Waals surface area contributed by atoms with Crippen molar-refractivity contribution in [1.82, 2.24) is 14.9 Å². The van der Waals surface area contributed by atoms with Crippen LogP contribution in [0.2, 0.25) is 0 Å². The maximum absolute atomic E-state index is 13.4. The van der Waals surface area contributed by atoms with Gasteiger partial charge < -0.3 is 9.80 Å². The fourth-order valence-corrected chi connectivity index (χ4v) is 4.99. The molecule has 0 bridgehead atoms. The molecule has 1 aromatic heterocycles. The van der Waals surface area contributed by atoms with Crippen molar-refractivity contribution in [3.63, 3.8) is 0 Å². The van der Waals surface area contributed by atoms with Crippen LogP contribution in [-0.4, -0.2) is 58.5 Å². The van der Waals surface area contributed by atoms with Gasteiger partial charge in [-0.1, -0.05) is 49.6 Å². The third-order valence-electron chi connectivity index (χ3n) is 5.78. The molecule has 2 fully saturated rings. The molecule has 148 valence electrons. The Balaban J connectivity index is 1.67. The van der Waals surface area contributed by atoms with E-state index in [4.69, 9.17) is 4.98 Å². The highest BCUT2D eigenvalue weighted by atomic mass is 32.2. The Morgan fingerprint density at radius 3 is 2.54 bits per heavy atom. The van der Waals surface area contributed by atoms with Gasteiger partial charge in [0, 0.05) is 49.4 Å². The lowest BCUT2D eigenvalue weighted by Gasteiger charge is -2.33. The van der Waals surface area contributed by atoms with E-state index in [2.05, 4.69) is 9.88 Å². The maximum Gasteiger partial charge on any atom is 0.259 e. The largest absolute Gasteiger partial charge is 0.354 e. The van der Waals surface area contributed by atoms with Crippen LogP contribution in [0.15, 0.2) is 36.5 Å². The van der Waals surface area contributed by atoms with E-state index in [0.29, 0.717) is 17.4 Å². The van der Waals surface area contributed by atoms with Gasteiger partial charge in [0.05, 0.1) is 0 Å². The predicted molar refractivity (Wildman–Crippen MR) is 116 cm³/mol. The summed E-state index contributed by atoms with van der Waals surface area (Å²) in [7, 11) is 1.94. The molecular weight excluding hydrogens is 368 g/mol. The van der Waals surface area contributed by atoms with E-state index in [-0.39, 0.29) is 5.91 Å². The minimum absolute atomic E-state index is 0.0553. The highest BCUT2D eigenvalue weighted by Crippen LogP contribution is 2.28. The molecular formula is C22H28N4OS. The Labute approximate surface area is 171 Å². The van der Waals surface area contributed by atoms with Gasteiger partial charge in [-0.05, 0) is 12.8 Å². The molecule has 2 heterocycles. The summed E-state index contributed by atoms with van der Waals surface area (Å²) < 4.78 is 0. The van der Waals surface area contributed by atoms with Crippen molar-refractivity contribution in [2.75, 3.05) is 36.5 Å². The van der Waals surface area contributed by atoms with E-state index in [1.165, 1.54) is 19.3 Å². The molecule has 5 nitrogen and oxygen atoms in total. The normalized spacial score (nSPS) is 18.1. The maximum atomic E-state index is 13.4. The van der Waals surface area contributed by atoms with E-state index < -0.39 is 0 Å². The molecule has 0 N–H and O–H groups in total. The number of amides is 1. The Kier molecular flexibility index (Phi) is 6.15. The van der Waals surface area contributed by atoms with Crippen LogP contribution >= 0.6 is 11.8 Å². The summed E-state index contributed by atoms with van der Waals surface area (Å²) in [4.78, 5) is 27.0. The summed E-state index contributed by atoms with van der Waals surface area (Å²) >= 11 is 1.96. The predicted octanol–water partition coefficient (Wildman–Crippen LogP) is 4.10. The first-order chi connectivity index (χ1) is 13.7. The molecule has 0 radical (unpaired) electrons. The number of aromatic nitrogens is 2. The Hall–Kier alpha value is -2.08. The van der Waals surface area contributed by atoms with Crippen LogP contribution in [0.3, 0.4) is 0 Å². The van der Waals surface area contributed by atoms with Gasteiger partial charge in [-0.3, -0.25) is 4.79 Å². The number of carbonyl (C=O) groups is 1. The number of anilines is 1. The topological polar surface area (TPSA) is 49.3 Å². The molecule has 6 heteroatoms. The number of benzene rings is 1. The third-order valence-corrected chi connectivity index (χ3v) is 6.73. The Bertz CT molecular complexity index is 801. The van der Waals surface area contributed by atoms with Crippen molar-refractivity contribution in [1.29, 1.82) is 0 Å². The van der Waals surface area contributed by atoms with E-state index >= 15 is 0 Å². The summed E-state index contributed by atoms with van der Waals surface area (Å²) in [6.45, 7) is 1.84. The number of thioether (sulfide) groups is 1. The second kappa shape index (κ2) is 8.95. The average Bonchev–Trinajstić information content (AvgIpc) is 2.79. The van der Waals surface area contributed by atoms with Gasteiger partial charge in [-0.15, -0.1) is 0 Å². The SMILES string of the molecule is CN(C(=O)c1cnc(-c2ccccc2)nc1N1CCSCC1)C1CCCCC1. The molecule has 4 rings (SSSR count).